The third-order valence-corrected chi connectivity index (χ3v) is 3.93. The van der Waals surface area contributed by atoms with Crippen LogP contribution >= 0.6 is 0 Å². The van der Waals surface area contributed by atoms with Gasteiger partial charge in [0.2, 0.25) is 5.91 Å². The number of nitrogens with one attached hydrogen (secondary N) is 1. The van der Waals surface area contributed by atoms with Crippen LogP contribution in [0.2, 0.25) is 0 Å². The van der Waals surface area contributed by atoms with Gasteiger partial charge in [0.15, 0.2) is 0 Å². The van der Waals surface area contributed by atoms with E-state index in [0.717, 1.165) is 25.4 Å². The lowest BCUT2D eigenvalue weighted by Gasteiger charge is -2.32. The fourth-order valence-electron chi connectivity index (χ4n) is 2.25. The summed E-state index contributed by atoms with van der Waals surface area (Å²) in [6.07, 6.45) is 3.51. The number of hydrogen-bond donors (Lipinski definition) is 2. The molecule has 3 N–H and O–H groups in total. The highest BCUT2D eigenvalue weighted by molar-refractivity contribution is 5.84. The van der Waals surface area contributed by atoms with Gasteiger partial charge in [-0.15, -0.1) is 0 Å². The lowest BCUT2D eigenvalue weighted by molar-refractivity contribution is -0.124. The second-order valence-corrected chi connectivity index (χ2v) is 6.01. The van der Waals surface area contributed by atoms with E-state index in [9.17, 15) is 4.79 Å². The number of primary amides is 1. The summed E-state index contributed by atoms with van der Waals surface area (Å²) in [5.41, 5.74) is 4.94. The average Bonchev–Trinajstić information content (AvgIpc) is 3.07. The Labute approximate surface area is 111 Å². The third kappa shape index (κ3) is 4.58. The molecule has 0 saturated heterocycles. The van der Waals surface area contributed by atoms with E-state index in [1.165, 1.54) is 19.4 Å². The van der Waals surface area contributed by atoms with Crippen molar-refractivity contribution in [1.29, 1.82) is 0 Å². The number of likely N-dealkylation sites (N-methyl/N-ethyl adjacent to an activating group) is 1. The molecule has 0 aromatic rings. The Hall–Kier alpha value is -0.610. The van der Waals surface area contributed by atoms with Crippen LogP contribution in [0.4, 0.5) is 0 Å². The van der Waals surface area contributed by atoms with Crippen LogP contribution in [0, 0.1) is 5.92 Å². The minimum Gasteiger partial charge on any atom is -0.368 e. The SMILES string of the molecule is CCNC(C)(CCN(CC1CC1)C(C)C)C(N)=O. The molecule has 18 heavy (non-hydrogen) atoms. The van der Waals surface area contributed by atoms with Crippen LogP contribution in [0.5, 0.6) is 0 Å². The average molecular weight is 255 g/mol. The number of nitrogens with two attached hydrogens (primary N) is 1. The van der Waals surface area contributed by atoms with Gasteiger partial charge in [0.25, 0.3) is 0 Å². The summed E-state index contributed by atoms with van der Waals surface area (Å²) >= 11 is 0. The molecule has 0 aliphatic heterocycles. The number of carbonyl (C=O) groups is 1. The van der Waals surface area contributed by atoms with Crippen LogP contribution in [0.3, 0.4) is 0 Å². The first-order valence-electron chi connectivity index (χ1n) is 7.18. The van der Waals surface area contributed by atoms with Crippen LogP contribution in [0.25, 0.3) is 0 Å². The van der Waals surface area contributed by atoms with Crippen molar-refractivity contribution in [2.45, 2.75) is 58.5 Å². The maximum atomic E-state index is 11.6. The van der Waals surface area contributed by atoms with Crippen LogP contribution in [0.15, 0.2) is 0 Å². The van der Waals surface area contributed by atoms with E-state index in [1.807, 2.05) is 13.8 Å². The summed E-state index contributed by atoms with van der Waals surface area (Å²) in [6, 6.07) is 0.532. The molecule has 4 heteroatoms. The number of rotatable bonds is 9. The Morgan fingerprint density at radius 1 is 1.50 bits per heavy atom. The van der Waals surface area contributed by atoms with Gasteiger partial charge in [-0.1, -0.05) is 6.92 Å². The van der Waals surface area contributed by atoms with Crippen LogP contribution in [-0.4, -0.2) is 42.0 Å². The van der Waals surface area contributed by atoms with Gasteiger partial charge in [0, 0.05) is 19.1 Å². The molecule has 1 amide bonds. The summed E-state index contributed by atoms with van der Waals surface area (Å²) < 4.78 is 0. The largest absolute Gasteiger partial charge is 0.368 e. The van der Waals surface area contributed by atoms with E-state index >= 15 is 0 Å². The molecule has 1 unspecified atom stereocenters. The van der Waals surface area contributed by atoms with Crippen molar-refractivity contribution in [2.24, 2.45) is 11.7 Å². The molecule has 4 nitrogen and oxygen atoms in total. The molecule has 1 aliphatic carbocycles. The quantitative estimate of drug-likeness (QED) is 0.654. The molecule has 1 atom stereocenters. The van der Waals surface area contributed by atoms with Gasteiger partial charge in [0.05, 0.1) is 5.54 Å². The maximum Gasteiger partial charge on any atom is 0.237 e. The molecule has 0 radical (unpaired) electrons. The lowest BCUT2D eigenvalue weighted by Crippen LogP contribution is -2.55. The first kappa shape index (κ1) is 15.4. The van der Waals surface area contributed by atoms with Crippen molar-refractivity contribution >= 4 is 5.91 Å². The van der Waals surface area contributed by atoms with Crippen LogP contribution in [-0.2, 0) is 4.79 Å². The lowest BCUT2D eigenvalue weighted by atomic mass is 9.96. The molecular weight excluding hydrogens is 226 g/mol. The van der Waals surface area contributed by atoms with Crippen molar-refractivity contribution in [2.75, 3.05) is 19.6 Å². The van der Waals surface area contributed by atoms with Crippen molar-refractivity contribution in [3.8, 4) is 0 Å². The fourth-order valence-corrected chi connectivity index (χ4v) is 2.25. The molecule has 0 heterocycles. The van der Waals surface area contributed by atoms with E-state index in [1.54, 1.807) is 0 Å². The van der Waals surface area contributed by atoms with Crippen molar-refractivity contribution in [3.05, 3.63) is 0 Å². The molecule has 0 aromatic heterocycles. The zero-order valence-corrected chi connectivity index (χ0v) is 12.3. The maximum absolute atomic E-state index is 11.6. The number of amides is 1. The Kier molecular flexibility index (Phi) is 5.60. The summed E-state index contributed by atoms with van der Waals surface area (Å²) in [5, 5.41) is 3.22. The predicted molar refractivity (Wildman–Crippen MR) is 75.3 cm³/mol. The molecule has 0 aromatic carbocycles. The molecule has 1 fully saturated rings. The number of carbonyl (C=O) groups excluding carboxylic acids is 1. The van der Waals surface area contributed by atoms with E-state index < -0.39 is 5.54 Å². The smallest absolute Gasteiger partial charge is 0.237 e. The van der Waals surface area contributed by atoms with Crippen LogP contribution < -0.4 is 11.1 Å². The highest BCUT2D eigenvalue weighted by atomic mass is 16.1. The molecule has 0 bridgehead atoms. The first-order chi connectivity index (χ1) is 8.39. The van der Waals surface area contributed by atoms with E-state index in [4.69, 9.17) is 5.73 Å². The zero-order chi connectivity index (χ0) is 13.8. The fraction of sp³-hybridized carbons (Fsp3) is 0.929. The van der Waals surface area contributed by atoms with Crippen molar-refractivity contribution in [1.82, 2.24) is 10.2 Å². The molecule has 1 aliphatic rings. The van der Waals surface area contributed by atoms with Gasteiger partial charge in [-0.05, 0) is 52.5 Å². The Bertz CT molecular complexity index is 276. The summed E-state index contributed by atoms with van der Waals surface area (Å²) in [4.78, 5) is 14.0. The zero-order valence-electron chi connectivity index (χ0n) is 12.3. The van der Waals surface area contributed by atoms with Gasteiger partial charge >= 0.3 is 0 Å². The first-order valence-corrected chi connectivity index (χ1v) is 7.18. The molecular formula is C14H29N3O. The third-order valence-electron chi connectivity index (χ3n) is 3.93. The van der Waals surface area contributed by atoms with Crippen molar-refractivity contribution < 1.29 is 4.79 Å². The predicted octanol–water partition coefficient (Wildman–Crippen LogP) is 1.35. The minimum atomic E-state index is -0.578. The van der Waals surface area contributed by atoms with Gasteiger partial charge in [-0.2, -0.15) is 0 Å². The van der Waals surface area contributed by atoms with Gasteiger partial charge < -0.3 is 16.0 Å². The monoisotopic (exact) mass is 255 g/mol. The summed E-state index contributed by atoms with van der Waals surface area (Å²) in [6.45, 7) is 11.2. The second-order valence-electron chi connectivity index (χ2n) is 6.01. The summed E-state index contributed by atoms with van der Waals surface area (Å²) in [7, 11) is 0. The van der Waals surface area contributed by atoms with Gasteiger partial charge in [-0.25, -0.2) is 0 Å². The normalized spacial score (nSPS) is 19.2. The topological polar surface area (TPSA) is 58.4 Å². The van der Waals surface area contributed by atoms with Crippen LogP contribution in [0.1, 0.15) is 47.0 Å². The van der Waals surface area contributed by atoms with Crippen molar-refractivity contribution in [3.63, 3.8) is 0 Å². The highest BCUT2D eigenvalue weighted by Gasteiger charge is 2.32. The van der Waals surface area contributed by atoms with E-state index in [0.29, 0.717) is 6.04 Å². The highest BCUT2D eigenvalue weighted by Crippen LogP contribution is 2.30. The Morgan fingerprint density at radius 3 is 2.50 bits per heavy atom. The van der Waals surface area contributed by atoms with Gasteiger partial charge in [0.1, 0.15) is 0 Å². The molecule has 106 valence electrons. The molecule has 1 rings (SSSR count). The minimum absolute atomic E-state index is 0.250. The Balaban J connectivity index is 2.49. The summed E-state index contributed by atoms with van der Waals surface area (Å²) in [5.74, 6) is 0.630. The van der Waals surface area contributed by atoms with Gasteiger partial charge in [-0.3, -0.25) is 4.79 Å². The number of hydrogen-bond acceptors (Lipinski definition) is 3. The standard InChI is InChI=1S/C14H29N3O/c1-5-16-14(4,13(15)18)8-9-17(11(2)3)10-12-6-7-12/h11-12,16H,5-10H2,1-4H3,(H2,15,18). The Morgan fingerprint density at radius 2 is 2.11 bits per heavy atom. The second kappa shape index (κ2) is 6.53. The van der Waals surface area contributed by atoms with E-state index in [-0.39, 0.29) is 5.91 Å². The van der Waals surface area contributed by atoms with E-state index in [2.05, 4.69) is 24.1 Å². The number of nitrogens with zero attached hydrogens (tertiary/aromatic N) is 1. The molecule has 0 spiro atoms. The molecule has 1 saturated carbocycles.